The van der Waals surface area contributed by atoms with Gasteiger partial charge in [0.1, 0.15) is 0 Å². The molecule has 0 bridgehead atoms. The molecule has 2 aromatic carbocycles. The number of ketones is 1. The van der Waals surface area contributed by atoms with Gasteiger partial charge in [-0.05, 0) is 37.8 Å². The van der Waals surface area contributed by atoms with Crippen LogP contribution in [0.5, 0.6) is 0 Å². The molecule has 0 radical (unpaired) electrons. The minimum absolute atomic E-state index is 0.0723. The van der Waals surface area contributed by atoms with Crippen LogP contribution in [0, 0.1) is 12.8 Å². The number of likely N-dealkylation sites (tertiary alicyclic amines) is 1. The third kappa shape index (κ3) is 3.91. The topological polar surface area (TPSA) is 37.4 Å². The van der Waals surface area contributed by atoms with Crippen LogP contribution in [0.2, 0.25) is 0 Å². The fourth-order valence-electron chi connectivity index (χ4n) is 3.30. The Hall–Kier alpha value is -2.42. The van der Waals surface area contributed by atoms with Crippen LogP contribution in [0.3, 0.4) is 0 Å². The molecule has 0 N–H and O–H groups in total. The Balaban J connectivity index is 1.62. The highest BCUT2D eigenvalue weighted by atomic mass is 16.2. The van der Waals surface area contributed by atoms with Crippen LogP contribution < -0.4 is 0 Å². The first-order chi connectivity index (χ1) is 11.6. The summed E-state index contributed by atoms with van der Waals surface area (Å²) >= 11 is 0. The summed E-state index contributed by atoms with van der Waals surface area (Å²) in [6.07, 6.45) is 2.49. The number of carbonyl (C=O) groups is 2. The summed E-state index contributed by atoms with van der Waals surface area (Å²) in [5.74, 6) is 0.498. The highest BCUT2D eigenvalue weighted by molar-refractivity contribution is 5.96. The Morgan fingerprint density at radius 3 is 2.42 bits per heavy atom. The maximum Gasteiger partial charge on any atom is 0.253 e. The molecule has 1 aliphatic heterocycles. The summed E-state index contributed by atoms with van der Waals surface area (Å²) in [5.41, 5.74) is 2.65. The van der Waals surface area contributed by atoms with Crippen molar-refractivity contribution in [2.24, 2.45) is 5.92 Å². The largest absolute Gasteiger partial charge is 0.338 e. The second-order valence-electron chi connectivity index (χ2n) is 6.62. The molecule has 1 fully saturated rings. The van der Waals surface area contributed by atoms with E-state index < -0.39 is 0 Å². The van der Waals surface area contributed by atoms with Gasteiger partial charge in [-0.25, -0.2) is 0 Å². The van der Waals surface area contributed by atoms with Gasteiger partial charge in [0.25, 0.3) is 5.91 Å². The van der Waals surface area contributed by atoms with Gasteiger partial charge in [0.15, 0.2) is 5.78 Å². The van der Waals surface area contributed by atoms with Crippen LogP contribution in [-0.2, 0) is 0 Å². The molecular weight excluding hydrogens is 298 g/mol. The number of benzene rings is 2. The van der Waals surface area contributed by atoms with E-state index in [1.165, 1.54) is 0 Å². The van der Waals surface area contributed by atoms with E-state index in [-0.39, 0.29) is 17.6 Å². The highest BCUT2D eigenvalue weighted by Crippen LogP contribution is 2.23. The molecule has 1 amide bonds. The summed E-state index contributed by atoms with van der Waals surface area (Å²) in [5, 5.41) is 0. The first-order valence-corrected chi connectivity index (χ1v) is 8.57. The van der Waals surface area contributed by atoms with Crippen molar-refractivity contribution in [1.29, 1.82) is 0 Å². The number of Topliss-reactive ketones (excluding diaryl/α,β-unsaturated/α-hetero) is 1. The quantitative estimate of drug-likeness (QED) is 0.794. The summed E-state index contributed by atoms with van der Waals surface area (Å²) in [4.78, 5) is 26.9. The lowest BCUT2D eigenvalue weighted by Gasteiger charge is -2.32. The highest BCUT2D eigenvalue weighted by Gasteiger charge is 2.26. The average molecular weight is 321 g/mol. The van der Waals surface area contributed by atoms with Gasteiger partial charge in [0.2, 0.25) is 0 Å². The van der Waals surface area contributed by atoms with Crippen molar-refractivity contribution in [2.45, 2.75) is 26.2 Å². The van der Waals surface area contributed by atoms with Crippen molar-refractivity contribution in [3.8, 4) is 0 Å². The van der Waals surface area contributed by atoms with Gasteiger partial charge in [-0.15, -0.1) is 0 Å². The van der Waals surface area contributed by atoms with E-state index in [4.69, 9.17) is 0 Å². The smallest absolute Gasteiger partial charge is 0.253 e. The molecule has 3 nitrogen and oxygen atoms in total. The first-order valence-electron chi connectivity index (χ1n) is 8.57. The van der Waals surface area contributed by atoms with Gasteiger partial charge < -0.3 is 4.90 Å². The maximum absolute atomic E-state index is 12.6. The standard InChI is InChI=1S/C21H23NO2/c1-16-9-11-18(12-10-16)20(23)14-17-6-5-13-22(15-17)21(24)19-7-3-2-4-8-19/h2-4,7-12,17H,5-6,13-15H2,1H3/t17-/m0/s1. The zero-order valence-corrected chi connectivity index (χ0v) is 14.1. The molecule has 1 atom stereocenters. The number of nitrogens with zero attached hydrogens (tertiary/aromatic N) is 1. The normalized spacial score (nSPS) is 17.5. The van der Waals surface area contributed by atoms with E-state index >= 15 is 0 Å². The predicted octanol–water partition coefficient (Wildman–Crippen LogP) is 4.12. The number of hydrogen-bond acceptors (Lipinski definition) is 2. The van der Waals surface area contributed by atoms with E-state index in [1.807, 2.05) is 66.4 Å². The van der Waals surface area contributed by atoms with E-state index in [1.54, 1.807) is 0 Å². The summed E-state index contributed by atoms with van der Waals surface area (Å²) in [6, 6.07) is 17.1. The molecule has 0 unspecified atom stereocenters. The van der Waals surface area contributed by atoms with Crippen LogP contribution in [0.15, 0.2) is 54.6 Å². The fourth-order valence-corrected chi connectivity index (χ4v) is 3.30. The van der Waals surface area contributed by atoms with Crippen molar-refractivity contribution in [1.82, 2.24) is 4.90 Å². The lowest BCUT2D eigenvalue weighted by Crippen LogP contribution is -2.40. The fraction of sp³-hybridized carbons (Fsp3) is 0.333. The summed E-state index contributed by atoms with van der Waals surface area (Å²) in [6.45, 7) is 3.47. The summed E-state index contributed by atoms with van der Waals surface area (Å²) in [7, 11) is 0. The van der Waals surface area contributed by atoms with Crippen LogP contribution in [0.25, 0.3) is 0 Å². The van der Waals surface area contributed by atoms with Gasteiger partial charge in [0, 0.05) is 30.6 Å². The van der Waals surface area contributed by atoms with E-state index in [2.05, 4.69) is 0 Å². The van der Waals surface area contributed by atoms with Gasteiger partial charge >= 0.3 is 0 Å². The maximum atomic E-state index is 12.6. The summed E-state index contributed by atoms with van der Waals surface area (Å²) < 4.78 is 0. The molecule has 24 heavy (non-hydrogen) atoms. The molecule has 1 saturated heterocycles. The van der Waals surface area contributed by atoms with E-state index in [0.717, 1.165) is 36.1 Å². The molecule has 0 saturated carbocycles. The van der Waals surface area contributed by atoms with Crippen molar-refractivity contribution in [3.63, 3.8) is 0 Å². The zero-order chi connectivity index (χ0) is 16.9. The van der Waals surface area contributed by atoms with E-state index in [0.29, 0.717) is 13.0 Å². The third-order valence-electron chi connectivity index (χ3n) is 4.67. The SMILES string of the molecule is Cc1ccc(C(=O)C[C@@H]2CCCN(C(=O)c3ccccc3)C2)cc1. The van der Waals surface area contributed by atoms with Gasteiger partial charge in [-0.2, -0.15) is 0 Å². The van der Waals surface area contributed by atoms with Crippen molar-refractivity contribution in [2.75, 3.05) is 13.1 Å². The Bertz CT molecular complexity index is 706. The molecule has 1 aliphatic rings. The van der Waals surface area contributed by atoms with Crippen molar-refractivity contribution in [3.05, 3.63) is 71.3 Å². The number of amides is 1. The van der Waals surface area contributed by atoms with Crippen LogP contribution in [0.1, 0.15) is 45.5 Å². The lowest BCUT2D eigenvalue weighted by atomic mass is 9.90. The molecule has 0 spiro atoms. The number of piperidine rings is 1. The third-order valence-corrected chi connectivity index (χ3v) is 4.67. The minimum Gasteiger partial charge on any atom is -0.338 e. The Morgan fingerprint density at radius 2 is 1.71 bits per heavy atom. The van der Waals surface area contributed by atoms with Crippen molar-refractivity contribution >= 4 is 11.7 Å². The van der Waals surface area contributed by atoms with E-state index in [9.17, 15) is 9.59 Å². The van der Waals surface area contributed by atoms with Gasteiger partial charge in [-0.1, -0.05) is 48.0 Å². The monoisotopic (exact) mass is 321 g/mol. The number of carbonyl (C=O) groups excluding carboxylic acids is 2. The van der Waals surface area contributed by atoms with Gasteiger partial charge in [0.05, 0.1) is 0 Å². The van der Waals surface area contributed by atoms with Gasteiger partial charge in [-0.3, -0.25) is 9.59 Å². The molecule has 0 aliphatic carbocycles. The second-order valence-corrected chi connectivity index (χ2v) is 6.62. The Morgan fingerprint density at radius 1 is 1.00 bits per heavy atom. The minimum atomic E-state index is 0.0723. The first kappa shape index (κ1) is 16.4. The van der Waals surface area contributed by atoms with Crippen molar-refractivity contribution < 1.29 is 9.59 Å². The molecular formula is C21H23NO2. The molecule has 1 heterocycles. The Kier molecular flexibility index (Phi) is 5.09. The second kappa shape index (κ2) is 7.43. The lowest BCUT2D eigenvalue weighted by molar-refractivity contribution is 0.0652. The number of aryl methyl sites for hydroxylation is 1. The predicted molar refractivity (Wildman–Crippen MR) is 95.2 cm³/mol. The molecule has 3 rings (SSSR count). The molecule has 0 aromatic heterocycles. The molecule has 124 valence electrons. The Labute approximate surface area is 143 Å². The molecule has 3 heteroatoms. The van der Waals surface area contributed by atoms with Crippen LogP contribution in [-0.4, -0.2) is 29.7 Å². The average Bonchev–Trinajstić information content (AvgIpc) is 2.62. The molecule has 2 aromatic rings. The van der Waals surface area contributed by atoms with Crippen LogP contribution in [0.4, 0.5) is 0 Å². The number of rotatable bonds is 4. The number of hydrogen-bond donors (Lipinski definition) is 0. The zero-order valence-electron chi connectivity index (χ0n) is 14.1. The van der Waals surface area contributed by atoms with Crippen LogP contribution >= 0.6 is 0 Å².